The molecule has 0 aliphatic carbocycles. The summed E-state index contributed by atoms with van der Waals surface area (Å²) in [4.78, 5) is 17.1. The molecule has 1 N–H and O–H groups in total. The van der Waals surface area contributed by atoms with E-state index in [1.54, 1.807) is 59.3 Å². The minimum absolute atomic E-state index is 0.0949. The molecule has 0 radical (unpaired) electrons. The smallest absolute Gasteiger partial charge is 0.251 e. The molecule has 0 aliphatic heterocycles. The number of nitrogens with one attached hydrogen (secondary N) is 1. The highest BCUT2D eigenvalue weighted by Crippen LogP contribution is 2.31. The van der Waals surface area contributed by atoms with E-state index in [0.717, 1.165) is 5.69 Å². The first-order valence-electron chi connectivity index (χ1n) is 9.40. The number of rotatable bonds is 5. The predicted molar refractivity (Wildman–Crippen MR) is 124 cm³/mol. The van der Waals surface area contributed by atoms with Crippen LogP contribution in [0.2, 0.25) is 15.1 Å². The Bertz CT molecular complexity index is 1330. The van der Waals surface area contributed by atoms with Crippen LogP contribution in [0.3, 0.4) is 0 Å². The Hall–Kier alpha value is -3.37. The van der Waals surface area contributed by atoms with Crippen molar-refractivity contribution >= 4 is 40.7 Å². The van der Waals surface area contributed by atoms with Crippen LogP contribution in [-0.2, 0) is 6.54 Å². The van der Waals surface area contributed by atoms with Crippen LogP contribution in [0.1, 0.15) is 21.7 Å². The monoisotopic (exact) mass is 481 g/mol. The SMILES string of the molecule is N#Cc1ccc(C(=O)NCc2nc(-c3ccc(Cl)cc3Cl)n(-c3ccc(Cl)cc3)n2)cc1. The molecule has 0 saturated carbocycles. The molecule has 0 fully saturated rings. The predicted octanol–water partition coefficient (Wildman–Crippen LogP) is 5.70. The van der Waals surface area contributed by atoms with Gasteiger partial charge in [0.2, 0.25) is 0 Å². The number of aromatic nitrogens is 3. The number of benzene rings is 3. The van der Waals surface area contributed by atoms with Crippen LogP contribution in [-0.4, -0.2) is 20.7 Å². The summed E-state index contributed by atoms with van der Waals surface area (Å²) < 4.78 is 1.63. The number of hydrogen-bond donors (Lipinski definition) is 1. The summed E-state index contributed by atoms with van der Waals surface area (Å²) in [6, 6.07) is 20.6. The Kier molecular flexibility index (Phi) is 6.42. The molecule has 1 heterocycles. The quantitative estimate of drug-likeness (QED) is 0.396. The van der Waals surface area contributed by atoms with Gasteiger partial charge in [-0.3, -0.25) is 4.79 Å². The molecule has 32 heavy (non-hydrogen) atoms. The van der Waals surface area contributed by atoms with Crippen molar-refractivity contribution in [3.63, 3.8) is 0 Å². The van der Waals surface area contributed by atoms with Gasteiger partial charge in [-0.05, 0) is 66.7 Å². The fourth-order valence-corrected chi connectivity index (χ4v) is 3.61. The normalized spacial score (nSPS) is 10.6. The van der Waals surface area contributed by atoms with E-state index in [1.807, 2.05) is 18.2 Å². The molecule has 0 spiro atoms. The summed E-state index contributed by atoms with van der Waals surface area (Å²) >= 11 is 18.5. The summed E-state index contributed by atoms with van der Waals surface area (Å²) in [5, 5.41) is 17.8. The lowest BCUT2D eigenvalue weighted by atomic mass is 10.1. The van der Waals surface area contributed by atoms with E-state index < -0.39 is 0 Å². The van der Waals surface area contributed by atoms with Gasteiger partial charge in [-0.2, -0.15) is 5.26 Å². The third-order valence-corrected chi connectivity index (χ3v) is 5.38. The molecule has 0 bridgehead atoms. The largest absolute Gasteiger partial charge is 0.345 e. The van der Waals surface area contributed by atoms with Crippen molar-refractivity contribution in [2.45, 2.75) is 6.54 Å². The molecule has 0 aliphatic rings. The first-order chi connectivity index (χ1) is 15.4. The lowest BCUT2D eigenvalue weighted by Crippen LogP contribution is -2.23. The molecule has 0 saturated heterocycles. The lowest BCUT2D eigenvalue weighted by Gasteiger charge is -2.07. The third-order valence-electron chi connectivity index (χ3n) is 4.58. The zero-order chi connectivity index (χ0) is 22.7. The van der Waals surface area contributed by atoms with Gasteiger partial charge in [0.15, 0.2) is 11.6 Å². The van der Waals surface area contributed by atoms with Gasteiger partial charge in [0.05, 0.1) is 28.9 Å². The summed E-state index contributed by atoms with van der Waals surface area (Å²) in [6.45, 7) is 0.0949. The highest BCUT2D eigenvalue weighted by atomic mass is 35.5. The van der Waals surface area contributed by atoms with Crippen molar-refractivity contribution in [2.75, 3.05) is 0 Å². The van der Waals surface area contributed by atoms with E-state index in [0.29, 0.717) is 43.4 Å². The van der Waals surface area contributed by atoms with E-state index in [2.05, 4.69) is 15.4 Å². The van der Waals surface area contributed by atoms with Gasteiger partial charge in [-0.25, -0.2) is 9.67 Å². The maximum atomic E-state index is 12.5. The maximum Gasteiger partial charge on any atom is 0.251 e. The number of hydrogen-bond acceptors (Lipinski definition) is 4. The molecular formula is C23H14Cl3N5O. The van der Waals surface area contributed by atoms with Crippen molar-refractivity contribution in [3.8, 4) is 23.1 Å². The fraction of sp³-hybridized carbons (Fsp3) is 0.0435. The molecule has 1 amide bonds. The zero-order valence-corrected chi connectivity index (χ0v) is 18.7. The molecule has 9 heteroatoms. The topological polar surface area (TPSA) is 83.6 Å². The standard InChI is InChI=1S/C23H14Cl3N5O/c24-16-5-8-18(9-6-16)31-22(19-10-7-17(25)11-20(19)26)29-21(30-31)13-28-23(32)15-3-1-14(12-27)2-4-15/h1-11H,13H2,(H,28,32). The van der Waals surface area contributed by atoms with Crippen LogP contribution >= 0.6 is 34.8 Å². The maximum absolute atomic E-state index is 12.5. The number of halogens is 3. The second-order valence-electron chi connectivity index (χ2n) is 6.74. The highest BCUT2D eigenvalue weighted by Gasteiger charge is 2.17. The van der Waals surface area contributed by atoms with Gasteiger partial charge in [-0.15, -0.1) is 5.10 Å². The first kappa shape index (κ1) is 21.8. The van der Waals surface area contributed by atoms with E-state index in [9.17, 15) is 4.79 Å². The van der Waals surface area contributed by atoms with E-state index in [4.69, 9.17) is 40.1 Å². The summed E-state index contributed by atoms with van der Waals surface area (Å²) in [7, 11) is 0. The Morgan fingerprint density at radius 3 is 2.31 bits per heavy atom. The van der Waals surface area contributed by atoms with Crippen LogP contribution < -0.4 is 5.32 Å². The van der Waals surface area contributed by atoms with Crippen molar-refractivity contribution in [3.05, 3.63) is 98.7 Å². The van der Waals surface area contributed by atoms with Crippen molar-refractivity contribution in [1.29, 1.82) is 5.26 Å². The van der Waals surface area contributed by atoms with Crippen LogP contribution in [0.4, 0.5) is 0 Å². The number of nitrogens with zero attached hydrogens (tertiary/aromatic N) is 4. The molecule has 1 aromatic heterocycles. The van der Waals surface area contributed by atoms with Gasteiger partial charge >= 0.3 is 0 Å². The lowest BCUT2D eigenvalue weighted by molar-refractivity contribution is 0.0950. The molecule has 158 valence electrons. The summed E-state index contributed by atoms with van der Waals surface area (Å²) in [6.07, 6.45) is 0. The van der Waals surface area contributed by atoms with Gasteiger partial charge in [-0.1, -0.05) is 34.8 Å². The average Bonchev–Trinajstić information content (AvgIpc) is 3.22. The van der Waals surface area contributed by atoms with Crippen molar-refractivity contribution < 1.29 is 4.79 Å². The van der Waals surface area contributed by atoms with Crippen LogP contribution in [0.5, 0.6) is 0 Å². The first-order valence-corrected chi connectivity index (χ1v) is 10.5. The van der Waals surface area contributed by atoms with Crippen LogP contribution in [0.25, 0.3) is 17.1 Å². The fourth-order valence-electron chi connectivity index (χ4n) is 2.99. The van der Waals surface area contributed by atoms with Crippen LogP contribution in [0.15, 0.2) is 66.7 Å². The number of carbonyl (C=O) groups excluding carboxylic acids is 1. The second-order valence-corrected chi connectivity index (χ2v) is 8.02. The molecule has 0 atom stereocenters. The van der Waals surface area contributed by atoms with Gasteiger partial charge < -0.3 is 5.32 Å². The Balaban J connectivity index is 1.65. The number of nitriles is 1. The molecule has 0 unspecified atom stereocenters. The Labute approximate surface area is 199 Å². The van der Waals surface area contributed by atoms with Gasteiger partial charge in [0.1, 0.15) is 0 Å². The molecular weight excluding hydrogens is 469 g/mol. The van der Waals surface area contributed by atoms with E-state index in [-0.39, 0.29) is 12.5 Å². The molecule has 4 rings (SSSR count). The minimum atomic E-state index is -0.302. The number of carbonyl (C=O) groups is 1. The van der Waals surface area contributed by atoms with Gasteiger partial charge in [0, 0.05) is 21.2 Å². The summed E-state index contributed by atoms with van der Waals surface area (Å²) in [5.41, 5.74) is 2.28. The number of amides is 1. The minimum Gasteiger partial charge on any atom is -0.345 e. The van der Waals surface area contributed by atoms with E-state index in [1.165, 1.54) is 0 Å². The zero-order valence-electron chi connectivity index (χ0n) is 16.4. The van der Waals surface area contributed by atoms with Crippen molar-refractivity contribution in [2.24, 2.45) is 0 Å². The van der Waals surface area contributed by atoms with Gasteiger partial charge in [0.25, 0.3) is 5.91 Å². The second kappa shape index (κ2) is 9.41. The Morgan fingerprint density at radius 1 is 0.969 bits per heavy atom. The summed E-state index contributed by atoms with van der Waals surface area (Å²) in [5.74, 6) is 0.586. The molecule has 6 nitrogen and oxygen atoms in total. The van der Waals surface area contributed by atoms with E-state index >= 15 is 0 Å². The van der Waals surface area contributed by atoms with Crippen molar-refractivity contribution in [1.82, 2.24) is 20.1 Å². The molecule has 3 aromatic carbocycles. The average molecular weight is 483 g/mol. The molecule has 4 aromatic rings. The van der Waals surface area contributed by atoms with Crippen LogP contribution in [0, 0.1) is 11.3 Å². The third kappa shape index (κ3) is 4.76. The Morgan fingerprint density at radius 2 is 1.66 bits per heavy atom. The highest BCUT2D eigenvalue weighted by molar-refractivity contribution is 6.36.